The maximum absolute atomic E-state index is 11.9. The van der Waals surface area contributed by atoms with E-state index in [0.29, 0.717) is 31.3 Å². The van der Waals surface area contributed by atoms with Crippen molar-refractivity contribution in [3.05, 3.63) is 0 Å². The number of carbonyl (C=O) groups is 1. The van der Waals surface area contributed by atoms with Gasteiger partial charge in [0.2, 0.25) is 0 Å². The van der Waals surface area contributed by atoms with Gasteiger partial charge in [0.1, 0.15) is 0 Å². The molecule has 21 heavy (non-hydrogen) atoms. The molecule has 2 saturated carbocycles. The van der Waals surface area contributed by atoms with E-state index in [0.717, 1.165) is 25.5 Å². The van der Waals surface area contributed by atoms with E-state index in [1.807, 2.05) is 0 Å². The van der Waals surface area contributed by atoms with Gasteiger partial charge < -0.3 is 9.47 Å². The lowest BCUT2D eigenvalue weighted by Crippen LogP contribution is -2.63. The highest BCUT2D eigenvalue weighted by molar-refractivity contribution is 7.86. The first-order valence-corrected chi connectivity index (χ1v) is 9.31. The minimum atomic E-state index is -3.59. The first kappa shape index (κ1) is 15.2. The van der Waals surface area contributed by atoms with Gasteiger partial charge in [-0.25, -0.2) is 4.18 Å². The van der Waals surface area contributed by atoms with Gasteiger partial charge in [-0.1, -0.05) is 0 Å². The van der Waals surface area contributed by atoms with E-state index in [1.165, 1.54) is 0 Å². The second-order valence-corrected chi connectivity index (χ2v) is 8.32. The first-order valence-electron chi connectivity index (χ1n) is 7.50. The summed E-state index contributed by atoms with van der Waals surface area (Å²) in [7, 11) is -3.59. The fourth-order valence-electron chi connectivity index (χ4n) is 4.63. The standard InChI is InChI=1S/C14H22O6S/c1-3-18-12(15)9-13-5-10-4-11(6-13)8-14(7-10,19-13)20-21(2,16)17/h10-11H,3-9H2,1-2H3. The summed E-state index contributed by atoms with van der Waals surface area (Å²) in [5.41, 5.74) is -0.610. The zero-order chi connectivity index (χ0) is 15.3. The van der Waals surface area contributed by atoms with Crippen molar-refractivity contribution in [3.63, 3.8) is 0 Å². The molecule has 0 aromatic carbocycles. The molecule has 120 valence electrons. The predicted molar refractivity (Wildman–Crippen MR) is 73.8 cm³/mol. The summed E-state index contributed by atoms with van der Waals surface area (Å²) >= 11 is 0. The van der Waals surface area contributed by atoms with Crippen molar-refractivity contribution in [2.75, 3.05) is 12.9 Å². The smallest absolute Gasteiger partial charge is 0.308 e. The van der Waals surface area contributed by atoms with Crippen molar-refractivity contribution < 1.29 is 26.9 Å². The summed E-state index contributed by atoms with van der Waals surface area (Å²) < 4.78 is 39.5. The summed E-state index contributed by atoms with van der Waals surface area (Å²) in [6, 6.07) is 0. The normalized spacial score (nSPS) is 41.2. The van der Waals surface area contributed by atoms with Crippen LogP contribution < -0.4 is 0 Å². The van der Waals surface area contributed by atoms with Crippen LogP contribution in [0.3, 0.4) is 0 Å². The monoisotopic (exact) mass is 318 g/mol. The third-order valence-corrected chi connectivity index (χ3v) is 5.27. The minimum Gasteiger partial charge on any atom is -0.466 e. The quantitative estimate of drug-likeness (QED) is 0.566. The van der Waals surface area contributed by atoms with Crippen molar-refractivity contribution in [1.29, 1.82) is 0 Å². The van der Waals surface area contributed by atoms with E-state index in [-0.39, 0.29) is 12.4 Å². The van der Waals surface area contributed by atoms with Crippen molar-refractivity contribution in [3.8, 4) is 0 Å². The van der Waals surface area contributed by atoms with Gasteiger partial charge in [0, 0.05) is 12.8 Å². The second-order valence-electron chi connectivity index (χ2n) is 6.75. The van der Waals surface area contributed by atoms with Gasteiger partial charge in [-0.2, -0.15) is 8.42 Å². The molecule has 4 bridgehead atoms. The number of carbonyl (C=O) groups excluding carboxylic acids is 1. The van der Waals surface area contributed by atoms with E-state index in [9.17, 15) is 13.2 Å². The Balaban J connectivity index is 1.83. The Bertz CT molecular complexity index is 526. The fourth-order valence-corrected chi connectivity index (χ4v) is 5.35. The molecule has 2 aliphatic heterocycles. The van der Waals surface area contributed by atoms with Crippen LogP contribution in [0.1, 0.15) is 45.4 Å². The third kappa shape index (κ3) is 3.10. The highest BCUT2D eigenvalue weighted by Gasteiger charge is 2.61. The van der Waals surface area contributed by atoms with E-state index < -0.39 is 21.5 Å². The Labute approximate surface area is 125 Å². The summed E-state index contributed by atoms with van der Waals surface area (Å²) in [6.45, 7) is 2.11. The number of hydrogen-bond acceptors (Lipinski definition) is 6. The minimum absolute atomic E-state index is 0.183. The average Bonchev–Trinajstić information content (AvgIpc) is 2.21. The highest BCUT2D eigenvalue weighted by Crippen LogP contribution is 2.59. The van der Waals surface area contributed by atoms with E-state index >= 15 is 0 Å². The highest BCUT2D eigenvalue weighted by atomic mass is 32.2. The molecule has 0 radical (unpaired) electrons. The molecule has 2 saturated heterocycles. The van der Waals surface area contributed by atoms with Crippen molar-refractivity contribution in [2.24, 2.45) is 11.8 Å². The SMILES string of the molecule is CCOC(=O)CC12CC3CC(C1)CC(OS(C)(=O)=O)(C3)O2. The van der Waals surface area contributed by atoms with Gasteiger partial charge in [0.15, 0.2) is 5.79 Å². The molecule has 2 aliphatic carbocycles. The van der Waals surface area contributed by atoms with Gasteiger partial charge in [0.05, 0.1) is 24.9 Å². The number of hydrogen-bond donors (Lipinski definition) is 0. The second kappa shape index (κ2) is 4.93. The molecular weight excluding hydrogens is 296 g/mol. The molecule has 0 N–H and O–H groups in total. The van der Waals surface area contributed by atoms with Gasteiger partial charge in [-0.15, -0.1) is 0 Å². The van der Waals surface area contributed by atoms with Crippen LogP contribution in [-0.4, -0.2) is 38.6 Å². The number of ether oxygens (including phenoxy) is 2. The lowest BCUT2D eigenvalue weighted by molar-refractivity contribution is -0.342. The van der Waals surface area contributed by atoms with Crippen molar-refractivity contribution >= 4 is 16.1 Å². The van der Waals surface area contributed by atoms with Crippen LogP contribution in [0.2, 0.25) is 0 Å². The van der Waals surface area contributed by atoms with Crippen LogP contribution >= 0.6 is 0 Å². The fraction of sp³-hybridized carbons (Fsp3) is 0.929. The zero-order valence-electron chi connectivity index (χ0n) is 12.5. The first-order chi connectivity index (χ1) is 9.73. The van der Waals surface area contributed by atoms with Gasteiger partial charge in [0.25, 0.3) is 10.1 Å². The van der Waals surface area contributed by atoms with Crippen LogP contribution in [0.25, 0.3) is 0 Å². The molecule has 0 aromatic heterocycles. The molecule has 0 amide bonds. The molecular formula is C14H22O6S. The molecule has 0 aromatic rings. The van der Waals surface area contributed by atoms with Crippen LogP contribution in [0.15, 0.2) is 0 Å². The Morgan fingerprint density at radius 3 is 2.38 bits per heavy atom. The van der Waals surface area contributed by atoms with Gasteiger partial charge in [-0.05, 0) is 38.0 Å². The molecule has 7 heteroatoms. The van der Waals surface area contributed by atoms with Crippen LogP contribution in [0.5, 0.6) is 0 Å². The van der Waals surface area contributed by atoms with Crippen molar-refractivity contribution in [1.82, 2.24) is 0 Å². The summed E-state index contributed by atoms with van der Waals surface area (Å²) in [6.07, 6.45) is 5.08. The van der Waals surface area contributed by atoms with Crippen LogP contribution in [0.4, 0.5) is 0 Å². The number of esters is 1. The summed E-state index contributed by atoms with van der Waals surface area (Å²) in [5, 5.41) is 0. The zero-order valence-corrected chi connectivity index (χ0v) is 13.3. The largest absolute Gasteiger partial charge is 0.466 e. The number of rotatable bonds is 5. The van der Waals surface area contributed by atoms with Crippen LogP contribution in [-0.2, 0) is 28.6 Å². The molecule has 6 nitrogen and oxygen atoms in total. The Hall–Kier alpha value is -0.660. The molecule has 4 fully saturated rings. The maximum atomic E-state index is 11.9. The topological polar surface area (TPSA) is 78.9 Å². The summed E-state index contributed by atoms with van der Waals surface area (Å²) in [5.74, 6) is -0.622. The predicted octanol–water partition coefficient (Wildman–Crippen LogP) is 1.59. The molecule has 4 aliphatic rings. The third-order valence-electron chi connectivity index (χ3n) is 4.66. The molecule has 0 spiro atoms. The maximum Gasteiger partial charge on any atom is 0.308 e. The van der Waals surface area contributed by atoms with E-state index in [4.69, 9.17) is 13.7 Å². The van der Waals surface area contributed by atoms with E-state index in [1.54, 1.807) is 6.92 Å². The lowest BCUT2D eigenvalue weighted by atomic mass is 9.60. The molecule has 2 atom stereocenters. The van der Waals surface area contributed by atoms with Gasteiger partial charge in [-0.3, -0.25) is 4.79 Å². The van der Waals surface area contributed by atoms with Crippen molar-refractivity contribution in [2.45, 2.75) is 56.8 Å². The molecule has 2 unspecified atom stereocenters. The Morgan fingerprint density at radius 2 is 1.86 bits per heavy atom. The molecule has 4 rings (SSSR count). The average molecular weight is 318 g/mol. The van der Waals surface area contributed by atoms with Gasteiger partial charge >= 0.3 is 5.97 Å². The molecule has 2 heterocycles. The lowest BCUT2D eigenvalue weighted by Gasteiger charge is -2.60. The van der Waals surface area contributed by atoms with Crippen LogP contribution in [0, 0.1) is 11.8 Å². The van der Waals surface area contributed by atoms with E-state index in [2.05, 4.69) is 0 Å². The summed E-state index contributed by atoms with van der Waals surface area (Å²) in [4.78, 5) is 11.9. The Morgan fingerprint density at radius 1 is 1.24 bits per heavy atom. The Kier molecular flexibility index (Phi) is 3.58.